The number of rotatable bonds is 2. The van der Waals surface area contributed by atoms with Gasteiger partial charge in [0.1, 0.15) is 6.79 Å². The molecule has 78 valence electrons. The first-order valence-electron chi connectivity index (χ1n) is 4.33. The highest BCUT2D eigenvalue weighted by Crippen LogP contribution is 2.44. The quantitative estimate of drug-likeness (QED) is 0.488. The van der Waals surface area contributed by atoms with Crippen LogP contribution in [0.25, 0.3) is 0 Å². The second kappa shape index (κ2) is 3.50. The minimum Gasteiger partial charge on any atom is -0.355 e. The molecule has 1 aliphatic carbocycles. The predicted octanol–water partition coefficient (Wildman–Crippen LogP) is -0.333. The first-order chi connectivity index (χ1) is 6.75. The van der Waals surface area contributed by atoms with E-state index in [1.165, 1.54) is 0 Å². The van der Waals surface area contributed by atoms with E-state index in [1.807, 2.05) is 0 Å². The Morgan fingerprint density at radius 3 is 2.36 bits per heavy atom. The van der Waals surface area contributed by atoms with E-state index in [0.717, 1.165) is 5.01 Å². The van der Waals surface area contributed by atoms with Crippen LogP contribution >= 0.6 is 0 Å². The Balaban J connectivity index is 2.00. The minimum absolute atomic E-state index is 0.127. The average Bonchev–Trinajstić information content (AvgIpc) is 2.82. The summed E-state index contributed by atoms with van der Waals surface area (Å²) < 4.78 is 10.2. The van der Waals surface area contributed by atoms with Gasteiger partial charge in [0.15, 0.2) is 0 Å². The van der Waals surface area contributed by atoms with Crippen molar-refractivity contribution in [3.8, 4) is 0 Å². The molecular weight excluding hydrogens is 190 g/mol. The fourth-order valence-corrected chi connectivity index (χ4v) is 1.90. The molecule has 1 aliphatic heterocycles. The molecule has 2 fully saturated rings. The Morgan fingerprint density at radius 2 is 1.93 bits per heavy atom. The van der Waals surface area contributed by atoms with Crippen molar-refractivity contribution < 1.29 is 14.3 Å². The Labute approximate surface area is 80.1 Å². The number of carbonyl (C=O) groups is 1. The first-order valence-corrected chi connectivity index (χ1v) is 4.33. The summed E-state index contributed by atoms with van der Waals surface area (Å²) in [6, 6.07) is -1.07. The van der Waals surface area contributed by atoms with Gasteiger partial charge in [-0.1, -0.05) is 0 Å². The highest BCUT2D eigenvalue weighted by atomic mass is 16.7. The van der Waals surface area contributed by atoms with Gasteiger partial charge in [0.25, 0.3) is 0 Å². The van der Waals surface area contributed by atoms with E-state index in [4.69, 9.17) is 15.2 Å². The molecule has 1 saturated carbocycles. The summed E-state index contributed by atoms with van der Waals surface area (Å²) in [5.74, 6) is 0.255. The number of nitrogens with zero attached hydrogens (tertiary/aromatic N) is 2. The summed E-state index contributed by atoms with van der Waals surface area (Å²) in [6.07, 6.45) is 0. The van der Waals surface area contributed by atoms with Crippen molar-refractivity contribution in [1.29, 1.82) is 0 Å². The van der Waals surface area contributed by atoms with E-state index < -0.39 is 6.03 Å². The zero-order valence-electron chi connectivity index (χ0n) is 7.46. The maximum Gasteiger partial charge on any atom is 0.338 e. The highest BCUT2D eigenvalue weighted by Gasteiger charge is 2.56. The van der Waals surface area contributed by atoms with E-state index >= 15 is 0 Å². The van der Waals surface area contributed by atoms with Gasteiger partial charge in [-0.15, -0.1) is 4.91 Å². The summed E-state index contributed by atoms with van der Waals surface area (Å²) in [5, 5.41) is 3.37. The van der Waals surface area contributed by atoms with Crippen molar-refractivity contribution in [3.63, 3.8) is 0 Å². The standard InChI is InChI=1S/C7H11N3O4/c8-7(11)10(9-12)6-4-1-13-3-14-2-5(4)6/h4-6H,1-3H2,(H2,8,11)/t4-,5+,6+. The monoisotopic (exact) mass is 201 g/mol. The Hall–Kier alpha value is -1.21. The molecule has 0 aromatic heterocycles. The molecule has 0 spiro atoms. The van der Waals surface area contributed by atoms with Gasteiger partial charge in [0, 0.05) is 11.8 Å². The molecule has 0 radical (unpaired) electrons. The predicted molar refractivity (Wildman–Crippen MR) is 44.8 cm³/mol. The van der Waals surface area contributed by atoms with Gasteiger partial charge in [0.05, 0.1) is 24.5 Å². The number of carbonyl (C=O) groups excluding carboxylic acids is 1. The molecule has 2 rings (SSSR count). The van der Waals surface area contributed by atoms with Gasteiger partial charge < -0.3 is 15.2 Å². The van der Waals surface area contributed by atoms with E-state index in [2.05, 4.69) is 5.29 Å². The Bertz CT molecular complexity index is 247. The molecular formula is C7H11N3O4. The highest BCUT2D eigenvalue weighted by molar-refractivity contribution is 5.72. The number of primary amides is 1. The first kappa shape index (κ1) is 9.35. The molecule has 1 heterocycles. The maximum absolute atomic E-state index is 10.8. The number of hydrogen-bond donors (Lipinski definition) is 1. The van der Waals surface area contributed by atoms with Gasteiger partial charge in [-0.3, -0.25) is 0 Å². The molecule has 3 atom stereocenters. The van der Waals surface area contributed by atoms with E-state index in [-0.39, 0.29) is 24.7 Å². The molecule has 0 unspecified atom stereocenters. The fourth-order valence-electron chi connectivity index (χ4n) is 1.90. The Morgan fingerprint density at radius 1 is 1.36 bits per heavy atom. The Kier molecular flexibility index (Phi) is 2.34. The van der Waals surface area contributed by atoms with Crippen molar-refractivity contribution in [1.82, 2.24) is 5.01 Å². The topological polar surface area (TPSA) is 94.2 Å². The lowest BCUT2D eigenvalue weighted by Crippen LogP contribution is -2.35. The van der Waals surface area contributed by atoms with Crippen LogP contribution < -0.4 is 5.73 Å². The number of fused-ring (bicyclic) bond motifs is 1. The zero-order valence-corrected chi connectivity index (χ0v) is 7.46. The molecule has 1 saturated heterocycles. The molecule has 2 amide bonds. The summed E-state index contributed by atoms with van der Waals surface area (Å²) in [5.41, 5.74) is 4.99. The minimum atomic E-state index is -0.821. The molecule has 2 aliphatic rings. The zero-order chi connectivity index (χ0) is 10.1. The van der Waals surface area contributed by atoms with Crippen LogP contribution in [0.3, 0.4) is 0 Å². The van der Waals surface area contributed by atoms with Crippen LogP contribution in [0.5, 0.6) is 0 Å². The molecule has 0 bridgehead atoms. The van der Waals surface area contributed by atoms with Crippen LogP contribution in [-0.4, -0.2) is 37.1 Å². The smallest absolute Gasteiger partial charge is 0.338 e. The van der Waals surface area contributed by atoms with Crippen LogP contribution in [0.15, 0.2) is 5.29 Å². The largest absolute Gasteiger partial charge is 0.355 e. The number of hydrogen-bond acceptors (Lipinski definition) is 5. The third-order valence-corrected chi connectivity index (χ3v) is 2.67. The normalized spacial score (nSPS) is 35.3. The summed E-state index contributed by atoms with van der Waals surface area (Å²) >= 11 is 0. The van der Waals surface area contributed by atoms with E-state index in [0.29, 0.717) is 13.2 Å². The van der Waals surface area contributed by atoms with Gasteiger partial charge in [-0.2, -0.15) is 5.01 Å². The third-order valence-electron chi connectivity index (χ3n) is 2.67. The molecule has 14 heavy (non-hydrogen) atoms. The van der Waals surface area contributed by atoms with E-state index in [1.54, 1.807) is 0 Å². The fraction of sp³-hybridized carbons (Fsp3) is 0.857. The summed E-state index contributed by atoms with van der Waals surface area (Å²) in [7, 11) is 0. The summed E-state index contributed by atoms with van der Waals surface area (Å²) in [6.45, 7) is 1.23. The van der Waals surface area contributed by atoms with Crippen molar-refractivity contribution in [2.45, 2.75) is 6.04 Å². The lowest BCUT2D eigenvalue weighted by molar-refractivity contribution is -0.0466. The number of nitrogens with two attached hydrogens (primary N) is 1. The lowest BCUT2D eigenvalue weighted by Gasteiger charge is -2.11. The maximum atomic E-state index is 10.8. The van der Waals surface area contributed by atoms with Crippen molar-refractivity contribution in [3.05, 3.63) is 4.91 Å². The van der Waals surface area contributed by atoms with Crippen LogP contribution in [0, 0.1) is 16.7 Å². The van der Waals surface area contributed by atoms with Crippen molar-refractivity contribution in [2.24, 2.45) is 22.9 Å². The number of amides is 2. The number of nitroso groups, excluding NO2 is 1. The summed E-state index contributed by atoms with van der Waals surface area (Å²) in [4.78, 5) is 21.2. The van der Waals surface area contributed by atoms with Crippen LogP contribution in [-0.2, 0) is 9.47 Å². The van der Waals surface area contributed by atoms with Crippen LogP contribution in [0.2, 0.25) is 0 Å². The molecule has 7 heteroatoms. The van der Waals surface area contributed by atoms with Gasteiger partial charge in [-0.25, -0.2) is 4.79 Å². The van der Waals surface area contributed by atoms with Gasteiger partial charge in [-0.05, 0) is 0 Å². The van der Waals surface area contributed by atoms with Crippen molar-refractivity contribution >= 4 is 6.03 Å². The van der Waals surface area contributed by atoms with Gasteiger partial charge in [0.2, 0.25) is 0 Å². The van der Waals surface area contributed by atoms with E-state index in [9.17, 15) is 9.70 Å². The molecule has 7 nitrogen and oxygen atoms in total. The molecule has 0 aromatic carbocycles. The van der Waals surface area contributed by atoms with Crippen LogP contribution in [0.4, 0.5) is 4.79 Å². The van der Waals surface area contributed by atoms with Gasteiger partial charge >= 0.3 is 6.03 Å². The lowest BCUT2D eigenvalue weighted by atomic mass is 10.3. The molecule has 0 aromatic rings. The third kappa shape index (κ3) is 1.44. The number of ether oxygens (including phenoxy) is 2. The second-order valence-electron chi connectivity index (χ2n) is 3.44. The molecule has 2 N–H and O–H groups in total. The van der Waals surface area contributed by atoms with Crippen LogP contribution in [0.1, 0.15) is 0 Å². The second-order valence-corrected chi connectivity index (χ2v) is 3.44. The SMILES string of the molecule is NC(=O)N(N=O)[C@H]1[C@@H]2COCOC[C@@H]21. The number of urea groups is 1. The van der Waals surface area contributed by atoms with Crippen molar-refractivity contribution in [2.75, 3.05) is 20.0 Å². The average molecular weight is 201 g/mol.